The first kappa shape index (κ1) is 37.1. The van der Waals surface area contributed by atoms with Gasteiger partial charge in [-0.15, -0.1) is 0 Å². The molecule has 0 aliphatic carbocycles. The molecule has 3 atom stereocenters. The first-order valence-electron chi connectivity index (χ1n) is 16.7. The van der Waals surface area contributed by atoms with Crippen LogP contribution in [0.25, 0.3) is 0 Å². The Morgan fingerprint density at radius 3 is 2.02 bits per heavy atom. The standard InChI is InChI=1S/C27H46O2.C10H12O5/c1-20(2)10-7-11-21(3)12-8-13-22(4)14-9-16-27(6)17-15-24-19-25(28)18-23(5)26(24)29-27;1-2-3-15-10(14)6-4-7(11)9(13)8(12)5-6/h18-22,28H,7-17H2,1-6H3;4-5,11-13H,2-3H2,1H3/t21-,22-,27-;/m1./s1. The van der Waals surface area contributed by atoms with E-state index in [1.807, 2.05) is 26.0 Å². The number of carbonyl (C=O) groups excluding carboxylic acids is 1. The molecule has 1 heterocycles. The highest BCUT2D eigenvalue weighted by atomic mass is 16.5. The maximum atomic E-state index is 11.3. The number of rotatable bonds is 15. The third-order valence-corrected chi connectivity index (χ3v) is 8.63. The fourth-order valence-corrected chi connectivity index (χ4v) is 5.83. The zero-order valence-electron chi connectivity index (χ0n) is 28.2. The Bertz CT molecular complexity index is 1150. The number of hydrogen-bond donors (Lipinski definition) is 4. The Morgan fingerprint density at radius 1 is 0.886 bits per heavy atom. The molecule has 0 unspecified atom stereocenters. The van der Waals surface area contributed by atoms with Crippen molar-refractivity contribution in [1.82, 2.24) is 0 Å². The van der Waals surface area contributed by atoms with Gasteiger partial charge >= 0.3 is 5.97 Å². The third kappa shape index (κ3) is 12.5. The summed E-state index contributed by atoms with van der Waals surface area (Å²) < 4.78 is 11.2. The van der Waals surface area contributed by atoms with Crippen molar-refractivity contribution >= 4 is 5.97 Å². The molecule has 44 heavy (non-hydrogen) atoms. The number of phenols is 4. The predicted octanol–water partition coefficient (Wildman–Crippen LogP) is 9.59. The number of carbonyl (C=O) groups is 1. The lowest BCUT2D eigenvalue weighted by Crippen LogP contribution is -2.36. The van der Waals surface area contributed by atoms with E-state index in [0.717, 1.165) is 66.0 Å². The molecule has 0 radical (unpaired) electrons. The van der Waals surface area contributed by atoms with Gasteiger partial charge in [-0.1, -0.05) is 79.6 Å². The predicted molar refractivity (Wildman–Crippen MR) is 177 cm³/mol. The summed E-state index contributed by atoms with van der Waals surface area (Å²) in [7, 11) is 0. The van der Waals surface area contributed by atoms with Crippen molar-refractivity contribution in [3.63, 3.8) is 0 Å². The molecule has 7 nitrogen and oxygen atoms in total. The highest BCUT2D eigenvalue weighted by Gasteiger charge is 2.32. The molecule has 2 aromatic rings. The lowest BCUT2D eigenvalue weighted by Gasteiger charge is -2.37. The molecule has 248 valence electrons. The monoisotopic (exact) mass is 614 g/mol. The molecule has 1 aliphatic heterocycles. The molecular weight excluding hydrogens is 556 g/mol. The highest BCUT2D eigenvalue weighted by Crippen LogP contribution is 2.40. The van der Waals surface area contributed by atoms with Crippen LogP contribution in [0.1, 0.15) is 134 Å². The molecular formula is C37H58O7. The fraction of sp³-hybridized carbons (Fsp3) is 0.649. The largest absolute Gasteiger partial charge is 0.508 e. The number of ether oxygens (including phenoxy) is 2. The van der Waals surface area contributed by atoms with Crippen molar-refractivity contribution in [3.05, 3.63) is 41.0 Å². The maximum absolute atomic E-state index is 11.3. The van der Waals surface area contributed by atoms with Crippen LogP contribution >= 0.6 is 0 Å². The van der Waals surface area contributed by atoms with Gasteiger partial charge in [-0.3, -0.25) is 0 Å². The second-order valence-corrected chi connectivity index (χ2v) is 13.7. The van der Waals surface area contributed by atoms with Crippen LogP contribution in [0.15, 0.2) is 24.3 Å². The van der Waals surface area contributed by atoms with Crippen LogP contribution < -0.4 is 4.74 Å². The fourth-order valence-electron chi connectivity index (χ4n) is 5.83. The molecule has 3 rings (SSSR count). The van der Waals surface area contributed by atoms with Crippen molar-refractivity contribution < 1.29 is 34.7 Å². The van der Waals surface area contributed by atoms with Crippen LogP contribution in [-0.2, 0) is 11.2 Å². The zero-order chi connectivity index (χ0) is 32.9. The van der Waals surface area contributed by atoms with E-state index in [9.17, 15) is 9.90 Å². The molecule has 0 aromatic heterocycles. The first-order valence-corrected chi connectivity index (χ1v) is 16.7. The minimum Gasteiger partial charge on any atom is -0.508 e. The topological polar surface area (TPSA) is 116 Å². The number of hydrogen-bond acceptors (Lipinski definition) is 7. The maximum Gasteiger partial charge on any atom is 0.338 e. The van der Waals surface area contributed by atoms with Crippen LogP contribution in [0.2, 0.25) is 0 Å². The number of esters is 1. The van der Waals surface area contributed by atoms with E-state index < -0.39 is 23.2 Å². The summed E-state index contributed by atoms with van der Waals surface area (Å²) in [6.45, 7) is 15.9. The minimum absolute atomic E-state index is 0.00347. The van der Waals surface area contributed by atoms with Gasteiger partial charge in [0.15, 0.2) is 17.2 Å². The van der Waals surface area contributed by atoms with Crippen LogP contribution in [0.5, 0.6) is 28.7 Å². The number of aryl methyl sites for hydroxylation is 2. The van der Waals surface area contributed by atoms with E-state index in [1.165, 1.54) is 51.4 Å². The van der Waals surface area contributed by atoms with Gasteiger partial charge in [-0.25, -0.2) is 4.79 Å². The van der Waals surface area contributed by atoms with E-state index in [-0.39, 0.29) is 17.8 Å². The van der Waals surface area contributed by atoms with Gasteiger partial charge < -0.3 is 29.9 Å². The van der Waals surface area contributed by atoms with Crippen LogP contribution in [0, 0.1) is 24.7 Å². The molecule has 0 amide bonds. The average Bonchev–Trinajstić information content (AvgIpc) is 2.95. The number of fused-ring (bicyclic) bond motifs is 1. The third-order valence-electron chi connectivity index (χ3n) is 8.63. The van der Waals surface area contributed by atoms with E-state index in [2.05, 4.69) is 34.6 Å². The summed E-state index contributed by atoms with van der Waals surface area (Å²) in [6.07, 6.45) is 14.7. The lowest BCUT2D eigenvalue weighted by molar-refractivity contribution is 0.0502. The van der Waals surface area contributed by atoms with Crippen molar-refractivity contribution in [2.24, 2.45) is 17.8 Å². The molecule has 0 fully saturated rings. The Balaban J connectivity index is 0.000000378. The summed E-state index contributed by atoms with van der Waals surface area (Å²) in [5, 5.41) is 37.1. The minimum atomic E-state index is -0.651. The Kier molecular flexibility index (Phi) is 15.2. The average molecular weight is 615 g/mol. The van der Waals surface area contributed by atoms with Crippen molar-refractivity contribution in [1.29, 1.82) is 0 Å². The highest BCUT2D eigenvalue weighted by molar-refractivity contribution is 5.91. The van der Waals surface area contributed by atoms with E-state index in [0.29, 0.717) is 12.2 Å². The quantitative estimate of drug-likeness (QED) is 0.117. The van der Waals surface area contributed by atoms with Gasteiger partial charge in [0.2, 0.25) is 0 Å². The van der Waals surface area contributed by atoms with Crippen LogP contribution in [-0.4, -0.2) is 38.6 Å². The summed E-state index contributed by atoms with van der Waals surface area (Å²) in [6, 6.07) is 5.75. The SMILES string of the molecule is CCCOC(=O)c1cc(O)c(O)c(O)c1.Cc1cc(O)cc2c1O[C@](C)(CCC[C@H](C)CCC[C@H](C)CCCC(C)C)CC2. The summed E-state index contributed by atoms with van der Waals surface area (Å²) in [5.74, 6) is 1.50. The molecule has 7 heteroatoms. The van der Waals surface area contributed by atoms with Gasteiger partial charge in [0.1, 0.15) is 17.1 Å². The molecule has 2 aromatic carbocycles. The van der Waals surface area contributed by atoms with Gasteiger partial charge in [0, 0.05) is 0 Å². The van der Waals surface area contributed by atoms with Crippen molar-refractivity contribution in [2.75, 3.05) is 6.61 Å². The number of phenolic OH excluding ortho intramolecular Hbond substituents is 4. The van der Waals surface area contributed by atoms with E-state index in [4.69, 9.17) is 24.8 Å². The van der Waals surface area contributed by atoms with Crippen LogP contribution in [0.3, 0.4) is 0 Å². The van der Waals surface area contributed by atoms with Gasteiger partial charge in [0.25, 0.3) is 0 Å². The molecule has 0 saturated carbocycles. The van der Waals surface area contributed by atoms with E-state index >= 15 is 0 Å². The van der Waals surface area contributed by atoms with E-state index in [1.54, 1.807) is 0 Å². The molecule has 4 N–H and O–H groups in total. The molecule has 0 saturated heterocycles. The zero-order valence-corrected chi connectivity index (χ0v) is 28.2. The first-order chi connectivity index (χ1) is 20.7. The normalized spacial score (nSPS) is 17.2. The number of aromatic hydroxyl groups is 4. The molecule has 0 spiro atoms. The second-order valence-electron chi connectivity index (χ2n) is 13.7. The summed E-state index contributed by atoms with van der Waals surface area (Å²) in [5.41, 5.74) is 2.16. The van der Waals surface area contributed by atoms with Gasteiger partial charge in [0.05, 0.1) is 12.2 Å². The lowest BCUT2D eigenvalue weighted by atomic mass is 9.85. The summed E-state index contributed by atoms with van der Waals surface area (Å²) in [4.78, 5) is 11.3. The number of benzene rings is 2. The Labute approximate surface area is 265 Å². The Hall–Kier alpha value is -3.09. The summed E-state index contributed by atoms with van der Waals surface area (Å²) >= 11 is 0. The van der Waals surface area contributed by atoms with Crippen molar-refractivity contribution in [2.45, 2.75) is 131 Å². The van der Waals surface area contributed by atoms with Crippen molar-refractivity contribution in [3.8, 4) is 28.7 Å². The smallest absolute Gasteiger partial charge is 0.338 e. The van der Waals surface area contributed by atoms with Gasteiger partial charge in [-0.2, -0.15) is 0 Å². The Morgan fingerprint density at radius 2 is 1.45 bits per heavy atom. The molecule has 1 aliphatic rings. The second kappa shape index (κ2) is 18.0. The van der Waals surface area contributed by atoms with Gasteiger partial charge in [-0.05, 0) is 99.1 Å². The molecule has 0 bridgehead atoms. The van der Waals surface area contributed by atoms with Crippen LogP contribution in [0.4, 0.5) is 0 Å².